The van der Waals surface area contributed by atoms with E-state index in [9.17, 15) is 0 Å². The molecule has 0 aliphatic rings. The molecule has 6 heteroatoms. The maximum atomic E-state index is 5.78. The number of benzene rings is 1. The van der Waals surface area contributed by atoms with Crippen molar-refractivity contribution < 1.29 is 4.74 Å². The van der Waals surface area contributed by atoms with E-state index in [4.69, 9.17) is 17.0 Å². The highest BCUT2D eigenvalue weighted by molar-refractivity contribution is 9.10. The van der Waals surface area contributed by atoms with Crippen molar-refractivity contribution in [1.29, 1.82) is 0 Å². The largest absolute Gasteiger partial charge is 0.483 e. The van der Waals surface area contributed by atoms with Crippen molar-refractivity contribution >= 4 is 28.1 Å². The lowest BCUT2D eigenvalue weighted by Crippen LogP contribution is -2.09. The molecule has 2 aromatic rings. The molecule has 4 nitrogen and oxygen atoms in total. The number of H-pyrrole nitrogens is 1. The summed E-state index contributed by atoms with van der Waals surface area (Å²) >= 11 is 8.44. The van der Waals surface area contributed by atoms with Crippen LogP contribution in [0.2, 0.25) is 0 Å². The number of hydrogen-bond donors (Lipinski definition) is 1. The van der Waals surface area contributed by atoms with Crippen molar-refractivity contribution in [1.82, 2.24) is 14.8 Å². The quantitative estimate of drug-likeness (QED) is 0.883. The van der Waals surface area contributed by atoms with Gasteiger partial charge in [-0.05, 0) is 43.4 Å². The third kappa shape index (κ3) is 2.76. The molecule has 1 heterocycles. The molecule has 1 unspecified atom stereocenters. The fraction of sp³-hybridized carbons (Fsp3) is 0.273. The second-order valence-corrected chi connectivity index (χ2v) is 4.96. The minimum absolute atomic E-state index is 0.158. The molecule has 0 saturated carbocycles. The first-order valence-electron chi connectivity index (χ1n) is 5.11. The van der Waals surface area contributed by atoms with Gasteiger partial charge in [-0.3, -0.25) is 5.10 Å². The van der Waals surface area contributed by atoms with E-state index >= 15 is 0 Å². The van der Waals surface area contributed by atoms with Gasteiger partial charge in [0.25, 0.3) is 0 Å². The molecule has 0 fully saturated rings. The van der Waals surface area contributed by atoms with Crippen molar-refractivity contribution in [3.63, 3.8) is 0 Å². The molecule has 1 aromatic heterocycles. The van der Waals surface area contributed by atoms with Gasteiger partial charge in [0, 0.05) is 11.5 Å². The van der Waals surface area contributed by atoms with Crippen LogP contribution in [0, 0.1) is 4.77 Å². The molecular formula is C11H12BrN3OS. The van der Waals surface area contributed by atoms with Gasteiger partial charge >= 0.3 is 0 Å². The van der Waals surface area contributed by atoms with Crippen LogP contribution in [0.25, 0.3) is 0 Å². The van der Waals surface area contributed by atoms with Crippen LogP contribution in [0.1, 0.15) is 18.9 Å². The van der Waals surface area contributed by atoms with E-state index in [1.165, 1.54) is 0 Å². The van der Waals surface area contributed by atoms with Crippen LogP contribution >= 0.6 is 28.1 Å². The fourth-order valence-corrected chi connectivity index (χ4v) is 1.90. The maximum Gasteiger partial charge on any atom is 0.195 e. The molecule has 2 rings (SSSR count). The van der Waals surface area contributed by atoms with E-state index in [1.807, 2.05) is 38.2 Å². The third-order valence-corrected chi connectivity index (χ3v) is 3.30. The van der Waals surface area contributed by atoms with Crippen molar-refractivity contribution in [2.75, 3.05) is 0 Å². The predicted molar refractivity (Wildman–Crippen MR) is 71.6 cm³/mol. The summed E-state index contributed by atoms with van der Waals surface area (Å²) in [5, 5.41) is 6.88. The van der Waals surface area contributed by atoms with E-state index < -0.39 is 0 Å². The lowest BCUT2D eigenvalue weighted by atomic mass is 10.3. The van der Waals surface area contributed by atoms with Crippen molar-refractivity contribution in [3.05, 3.63) is 39.3 Å². The van der Waals surface area contributed by atoms with Gasteiger partial charge in [-0.15, -0.1) is 0 Å². The highest BCUT2D eigenvalue weighted by Crippen LogP contribution is 2.22. The van der Waals surface area contributed by atoms with Crippen molar-refractivity contribution in [3.8, 4) is 5.75 Å². The summed E-state index contributed by atoms with van der Waals surface area (Å²) in [6, 6.07) is 7.68. The Morgan fingerprint density at radius 1 is 1.41 bits per heavy atom. The first-order valence-corrected chi connectivity index (χ1v) is 6.31. The third-order valence-electron chi connectivity index (χ3n) is 2.40. The summed E-state index contributed by atoms with van der Waals surface area (Å²) in [4.78, 5) is 0. The summed E-state index contributed by atoms with van der Waals surface area (Å²) in [6.07, 6.45) is -0.158. The Kier molecular flexibility index (Phi) is 3.63. The predicted octanol–water partition coefficient (Wildman–Crippen LogP) is 3.38. The number of hydrogen-bond acceptors (Lipinski definition) is 3. The lowest BCUT2D eigenvalue weighted by molar-refractivity contribution is 0.212. The maximum absolute atomic E-state index is 5.78. The standard InChI is InChI=1S/C11H12BrN3OS/c1-7(10-13-14-11(17)15(10)2)16-9-5-3-8(12)4-6-9/h3-7H,1-2H3,(H,14,17). The number of aromatic amines is 1. The highest BCUT2D eigenvalue weighted by atomic mass is 79.9. The SMILES string of the molecule is CC(Oc1ccc(Br)cc1)c1n[nH]c(=S)n1C. The van der Waals surface area contributed by atoms with E-state index in [-0.39, 0.29) is 6.10 Å². The van der Waals surface area contributed by atoms with Crippen LogP contribution in [0.3, 0.4) is 0 Å². The zero-order valence-corrected chi connectivity index (χ0v) is 11.9. The van der Waals surface area contributed by atoms with Crippen LogP contribution in [-0.4, -0.2) is 14.8 Å². The second-order valence-electron chi connectivity index (χ2n) is 3.66. The zero-order chi connectivity index (χ0) is 12.4. The number of nitrogens with one attached hydrogen (secondary N) is 1. The monoisotopic (exact) mass is 313 g/mol. The van der Waals surface area contributed by atoms with Crippen LogP contribution < -0.4 is 4.74 Å². The lowest BCUT2D eigenvalue weighted by Gasteiger charge is -2.13. The Morgan fingerprint density at radius 3 is 2.59 bits per heavy atom. The minimum Gasteiger partial charge on any atom is -0.483 e. The summed E-state index contributed by atoms with van der Waals surface area (Å²) in [7, 11) is 1.86. The van der Waals surface area contributed by atoms with Crippen LogP contribution in [0.15, 0.2) is 28.7 Å². The molecule has 0 aliphatic carbocycles. The number of aromatic nitrogens is 3. The number of ether oxygens (including phenoxy) is 1. The van der Waals surface area contributed by atoms with Gasteiger partial charge in [0.05, 0.1) is 0 Å². The van der Waals surface area contributed by atoms with Crippen molar-refractivity contribution in [2.24, 2.45) is 7.05 Å². The first kappa shape index (κ1) is 12.3. The molecule has 0 saturated heterocycles. The van der Waals surface area contributed by atoms with Crippen molar-refractivity contribution in [2.45, 2.75) is 13.0 Å². The van der Waals surface area contributed by atoms with Gasteiger partial charge in [-0.1, -0.05) is 15.9 Å². The molecule has 1 aromatic carbocycles. The summed E-state index contributed by atoms with van der Waals surface area (Å²) in [5.41, 5.74) is 0. The molecule has 0 amide bonds. The topological polar surface area (TPSA) is 42.8 Å². The van der Waals surface area contributed by atoms with Gasteiger partial charge in [0.15, 0.2) is 16.7 Å². The molecule has 0 radical (unpaired) electrons. The Hall–Kier alpha value is -1.14. The first-order chi connectivity index (χ1) is 8.08. The fourth-order valence-electron chi connectivity index (χ4n) is 1.49. The summed E-state index contributed by atoms with van der Waals surface area (Å²) in [5.74, 6) is 1.58. The summed E-state index contributed by atoms with van der Waals surface area (Å²) in [6.45, 7) is 1.94. The van der Waals surface area contributed by atoms with E-state index in [0.29, 0.717) is 4.77 Å². The van der Waals surface area contributed by atoms with Gasteiger partial charge < -0.3 is 9.30 Å². The second kappa shape index (κ2) is 5.01. The minimum atomic E-state index is -0.158. The van der Waals surface area contributed by atoms with E-state index in [2.05, 4.69) is 26.1 Å². The Bertz CT molecular complexity index is 561. The molecule has 90 valence electrons. The van der Waals surface area contributed by atoms with Gasteiger partial charge in [-0.2, -0.15) is 5.10 Å². The molecule has 0 bridgehead atoms. The average molecular weight is 314 g/mol. The molecule has 0 aliphatic heterocycles. The Balaban J connectivity index is 2.17. The summed E-state index contributed by atoms with van der Waals surface area (Å²) < 4.78 is 9.20. The van der Waals surface area contributed by atoms with Gasteiger partial charge in [-0.25, -0.2) is 0 Å². The van der Waals surface area contributed by atoms with Gasteiger partial charge in [0.1, 0.15) is 5.75 Å². The average Bonchev–Trinajstić information content (AvgIpc) is 2.63. The van der Waals surface area contributed by atoms with Crippen LogP contribution in [0.5, 0.6) is 5.75 Å². The van der Waals surface area contributed by atoms with Crippen LogP contribution in [-0.2, 0) is 7.05 Å². The number of halogens is 1. The molecule has 1 atom stereocenters. The van der Waals surface area contributed by atoms with E-state index in [0.717, 1.165) is 16.0 Å². The van der Waals surface area contributed by atoms with Gasteiger partial charge in [0.2, 0.25) is 0 Å². The van der Waals surface area contributed by atoms with E-state index in [1.54, 1.807) is 4.57 Å². The zero-order valence-electron chi connectivity index (χ0n) is 9.48. The molecule has 1 N–H and O–H groups in total. The normalized spacial score (nSPS) is 12.4. The van der Waals surface area contributed by atoms with Crippen LogP contribution in [0.4, 0.5) is 0 Å². The Labute approximate surface area is 113 Å². The molecular weight excluding hydrogens is 302 g/mol. The number of nitrogens with zero attached hydrogens (tertiary/aromatic N) is 2. The smallest absolute Gasteiger partial charge is 0.195 e. The highest BCUT2D eigenvalue weighted by Gasteiger charge is 2.13. The molecule has 0 spiro atoms. The Morgan fingerprint density at radius 2 is 2.06 bits per heavy atom. The number of rotatable bonds is 3. The molecule has 17 heavy (non-hydrogen) atoms.